The Balaban J connectivity index is 1.99. The normalized spacial score (nSPS) is 28.0. The number of piperidine rings is 1. The maximum atomic E-state index is 9.07. The van der Waals surface area contributed by atoms with Crippen LogP contribution in [0.2, 0.25) is 0 Å². The first kappa shape index (κ1) is 9.87. The van der Waals surface area contributed by atoms with Crippen LogP contribution in [0.25, 0.3) is 0 Å². The van der Waals surface area contributed by atoms with Crippen LogP contribution in [0.5, 0.6) is 0 Å². The number of aromatic amines is 1. The van der Waals surface area contributed by atoms with Gasteiger partial charge in [0.15, 0.2) is 0 Å². The van der Waals surface area contributed by atoms with Crippen molar-refractivity contribution in [3.8, 4) is 0 Å². The van der Waals surface area contributed by atoms with E-state index in [0.29, 0.717) is 0 Å². The molecule has 2 rings (SSSR count). The van der Waals surface area contributed by atoms with Crippen molar-refractivity contribution < 1.29 is 5.11 Å². The molecule has 0 aliphatic carbocycles. The molecule has 4 heteroatoms. The lowest BCUT2D eigenvalue weighted by Gasteiger charge is -2.35. The molecule has 0 amide bonds. The number of H-pyrrole nitrogens is 1. The van der Waals surface area contributed by atoms with Gasteiger partial charge >= 0.3 is 0 Å². The molecule has 0 radical (unpaired) electrons. The van der Waals surface area contributed by atoms with Crippen molar-refractivity contribution in [3.05, 3.63) is 18.5 Å². The number of aromatic nitrogens is 1. The molecule has 2 N–H and O–H groups in total. The number of halogens is 1. The van der Waals surface area contributed by atoms with Crippen LogP contribution >= 0.6 is 11.6 Å². The summed E-state index contributed by atoms with van der Waals surface area (Å²) in [5.41, 5.74) is 1.19. The minimum Gasteiger partial charge on any atom is -0.396 e. The molecule has 0 spiro atoms. The average molecular weight is 215 g/mol. The van der Waals surface area contributed by atoms with Crippen LogP contribution in [0.1, 0.15) is 6.42 Å². The van der Waals surface area contributed by atoms with Gasteiger partial charge in [-0.15, -0.1) is 11.6 Å². The number of rotatable bonds is 2. The lowest BCUT2D eigenvalue weighted by atomic mass is 9.97. The van der Waals surface area contributed by atoms with Crippen LogP contribution in [-0.4, -0.2) is 35.2 Å². The fraction of sp³-hybridized carbons (Fsp3) is 0.600. The molecule has 1 saturated heterocycles. The van der Waals surface area contributed by atoms with Crippen molar-refractivity contribution in [3.63, 3.8) is 0 Å². The standard InChI is InChI=1S/C10H15ClN2O/c11-10-6-13(4-2-8(10)7-14)9-1-3-12-5-9/h1,3,5,8,10,12,14H,2,4,6-7H2. The summed E-state index contributed by atoms with van der Waals surface area (Å²) in [6.07, 6.45) is 4.86. The number of nitrogens with one attached hydrogen (secondary N) is 1. The van der Waals surface area contributed by atoms with Crippen LogP contribution in [0.15, 0.2) is 18.5 Å². The molecule has 2 atom stereocenters. The van der Waals surface area contributed by atoms with E-state index in [4.69, 9.17) is 16.7 Å². The monoisotopic (exact) mass is 214 g/mol. The first-order chi connectivity index (χ1) is 6.81. The number of alkyl halides is 1. The quantitative estimate of drug-likeness (QED) is 0.732. The zero-order valence-corrected chi connectivity index (χ0v) is 8.74. The predicted molar refractivity (Wildman–Crippen MR) is 57.8 cm³/mol. The van der Waals surface area contributed by atoms with Gasteiger partial charge in [-0.25, -0.2) is 0 Å². The minimum absolute atomic E-state index is 0.0589. The average Bonchev–Trinajstić information content (AvgIpc) is 2.70. The number of nitrogens with zero attached hydrogens (tertiary/aromatic N) is 1. The Bertz CT molecular complexity index is 276. The van der Waals surface area contributed by atoms with E-state index in [2.05, 4.69) is 9.88 Å². The molecular formula is C10H15ClN2O. The molecule has 3 nitrogen and oxygen atoms in total. The first-order valence-corrected chi connectivity index (χ1v) is 5.37. The summed E-state index contributed by atoms with van der Waals surface area (Å²) in [4.78, 5) is 5.28. The van der Waals surface area contributed by atoms with Crippen molar-refractivity contribution >= 4 is 17.3 Å². The number of aliphatic hydroxyl groups is 1. The third-order valence-electron chi connectivity index (χ3n) is 2.86. The number of hydrogen-bond acceptors (Lipinski definition) is 2. The molecule has 0 saturated carbocycles. The highest BCUT2D eigenvalue weighted by Gasteiger charge is 2.27. The molecule has 14 heavy (non-hydrogen) atoms. The molecule has 1 aromatic rings. The van der Waals surface area contributed by atoms with Crippen LogP contribution in [0, 0.1) is 5.92 Å². The Kier molecular flexibility index (Phi) is 2.99. The third kappa shape index (κ3) is 1.88. The maximum Gasteiger partial charge on any atom is 0.0561 e. The van der Waals surface area contributed by atoms with Crippen molar-refractivity contribution in [2.45, 2.75) is 11.8 Å². The molecule has 2 unspecified atom stereocenters. The van der Waals surface area contributed by atoms with Gasteiger partial charge in [-0.05, 0) is 12.5 Å². The summed E-state index contributed by atoms with van der Waals surface area (Å²) in [6.45, 7) is 2.01. The van der Waals surface area contributed by atoms with Crippen LogP contribution in [0.4, 0.5) is 5.69 Å². The van der Waals surface area contributed by atoms with Crippen LogP contribution < -0.4 is 4.90 Å². The van der Waals surface area contributed by atoms with Crippen molar-refractivity contribution in [2.24, 2.45) is 5.92 Å². The van der Waals surface area contributed by atoms with Crippen LogP contribution in [0.3, 0.4) is 0 Å². The molecular weight excluding hydrogens is 200 g/mol. The Morgan fingerprint density at radius 3 is 3.07 bits per heavy atom. The van der Waals surface area contributed by atoms with E-state index in [1.54, 1.807) is 0 Å². The lowest BCUT2D eigenvalue weighted by Crippen LogP contribution is -2.42. The molecule has 0 bridgehead atoms. The SMILES string of the molecule is OCC1CCN(c2cc[nH]c2)CC1Cl. The van der Waals surface area contributed by atoms with Gasteiger partial charge in [0.2, 0.25) is 0 Å². The molecule has 1 fully saturated rings. The summed E-state index contributed by atoms with van der Waals surface area (Å²) < 4.78 is 0. The highest BCUT2D eigenvalue weighted by Crippen LogP contribution is 2.25. The van der Waals surface area contributed by atoms with Gasteiger partial charge in [0.05, 0.1) is 11.1 Å². The van der Waals surface area contributed by atoms with Gasteiger partial charge in [-0.2, -0.15) is 0 Å². The second-order valence-electron chi connectivity index (χ2n) is 3.76. The molecule has 1 aromatic heterocycles. The van der Waals surface area contributed by atoms with Gasteiger partial charge in [-0.3, -0.25) is 0 Å². The van der Waals surface area contributed by atoms with E-state index in [9.17, 15) is 0 Å². The highest BCUT2D eigenvalue weighted by atomic mass is 35.5. The molecule has 2 heterocycles. The number of anilines is 1. The Hall–Kier alpha value is -0.670. The summed E-state index contributed by atoms with van der Waals surface area (Å²) in [6, 6.07) is 2.04. The van der Waals surface area contributed by atoms with Crippen LogP contribution in [-0.2, 0) is 0 Å². The Morgan fingerprint density at radius 1 is 1.64 bits per heavy atom. The predicted octanol–water partition coefficient (Wildman–Crippen LogP) is 1.44. The van der Waals surface area contributed by atoms with Gasteiger partial charge in [-0.1, -0.05) is 0 Å². The first-order valence-electron chi connectivity index (χ1n) is 4.94. The zero-order chi connectivity index (χ0) is 9.97. The van der Waals surface area contributed by atoms with Gasteiger partial charge in [0.1, 0.15) is 0 Å². The summed E-state index contributed by atoms with van der Waals surface area (Å²) in [5, 5.41) is 9.13. The van der Waals surface area contributed by atoms with E-state index < -0.39 is 0 Å². The minimum atomic E-state index is 0.0589. The third-order valence-corrected chi connectivity index (χ3v) is 3.35. The fourth-order valence-electron chi connectivity index (χ4n) is 1.91. The Morgan fingerprint density at radius 2 is 2.50 bits per heavy atom. The van der Waals surface area contributed by atoms with E-state index in [1.807, 2.05) is 18.5 Å². The van der Waals surface area contributed by atoms with Gasteiger partial charge < -0.3 is 15.0 Å². The number of aliphatic hydroxyl groups excluding tert-OH is 1. The molecule has 0 aromatic carbocycles. The van der Waals surface area contributed by atoms with Gasteiger partial charge in [0, 0.05) is 38.0 Å². The Labute approximate surface area is 88.7 Å². The largest absolute Gasteiger partial charge is 0.396 e. The topological polar surface area (TPSA) is 39.3 Å². The van der Waals surface area contributed by atoms with Crippen molar-refractivity contribution in [2.75, 3.05) is 24.6 Å². The molecule has 1 aliphatic rings. The van der Waals surface area contributed by atoms with E-state index in [1.165, 1.54) is 5.69 Å². The summed E-state index contributed by atoms with van der Waals surface area (Å²) >= 11 is 6.18. The fourth-order valence-corrected chi connectivity index (χ4v) is 2.28. The second kappa shape index (κ2) is 4.24. The van der Waals surface area contributed by atoms with Crippen molar-refractivity contribution in [1.82, 2.24) is 4.98 Å². The molecule has 78 valence electrons. The van der Waals surface area contributed by atoms with E-state index in [0.717, 1.165) is 19.5 Å². The summed E-state index contributed by atoms with van der Waals surface area (Å²) in [7, 11) is 0. The molecule has 1 aliphatic heterocycles. The van der Waals surface area contributed by atoms with Gasteiger partial charge in [0.25, 0.3) is 0 Å². The second-order valence-corrected chi connectivity index (χ2v) is 4.32. The van der Waals surface area contributed by atoms with E-state index >= 15 is 0 Å². The summed E-state index contributed by atoms with van der Waals surface area (Å²) in [5.74, 6) is 0.256. The van der Waals surface area contributed by atoms with Crippen molar-refractivity contribution in [1.29, 1.82) is 0 Å². The van der Waals surface area contributed by atoms with E-state index in [-0.39, 0.29) is 17.9 Å². The highest BCUT2D eigenvalue weighted by molar-refractivity contribution is 6.21. The number of hydrogen-bond donors (Lipinski definition) is 2. The lowest BCUT2D eigenvalue weighted by molar-refractivity contribution is 0.206. The zero-order valence-electron chi connectivity index (χ0n) is 7.99. The smallest absolute Gasteiger partial charge is 0.0561 e. The maximum absolute atomic E-state index is 9.07.